The fourth-order valence-electron chi connectivity index (χ4n) is 3.95. The largest absolute Gasteiger partial charge is 0.356 e. The SMILES string of the molecule is Cc1[nH]c(=O)[nH]c(=O)c1CCC(=O)NCCCCN1CCN(Cc2ccccc2)CC1. The Balaban J connectivity index is 1.25. The quantitative estimate of drug-likeness (QED) is 0.492. The zero-order chi connectivity index (χ0) is 22.1. The summed E-state index contributed by atoms with van der Waals surface area (Å²) in [5.74, 6) is -0.0699. The lowest BCUT2D eigenvalue weighted by Gasteiger charge is -2.34. The van der Waals surface area contributed by atoms with Gasteiger partial charge in [-0.2, -0.15) is 0 Å². The lowest BCUT2D eigenvalue weighted by molar-refractivity contribution is -0.121. The molecule has 3 N–H and O–H groups in total. The molecule has 1 amide bonds. The summed E-state index contributed by atoms with van der Waals surface area (Å²) in [6, 6.07) is 10.6. The minimum atomic E-state index is -0.520. The summed E-state index contributed by atoms with van der Waals surface area (Å²) in [5, 5.41) is 2.93. The van der Waals surface area contributed by atoms with E-state index in [4.69, 9.17) is 0 Å². The van der Waals surface area contributed by atoms with E-state index in [1.165, 1.54) is 5.56 Å². The molecule has 0 saturated carbocycles. The highest BCUT2D eigenvalue weighted by atomic mass is 16.2. The highest BCUT2D eigenvalue weighted by Crippen LogP contribution is 2.09. The number of H-pyrrole nitrogens is 2. The van der Waals surface area contributed by atoms with Gasteiger partial charge in [0, 0.05) is 56.9 Å². The van der Waals surface area contributed by atoms with E-state index in [0.29, 0.717) is 24.2 Å². The van der Waals surface area contributed by atoms with Crippen LogP contribution in [-0.4, -0.2) is 64.9 Å². The van der Waals surface area contributed by atoms with Crippen LogP contribution < -0.4 is 16.6 Å². The summed E-state index contributed by atoms with van der Waals surface area (Å²) in [5.41, 5.74) is 1.41. The molecule has 31 heavy (non-hydrogen) atoms. The molecule has 168 valence electrons. The van der Waals surface area contributed by atoms with Crippen molar-refractivity contribution in [1.82, 2.24) is 25.1 Å². The molecule has 8 nitrogen and oxygen atoms in total. The number of amides is 1. The van der Waals surface area contributed by atoms with E-state index < -0.39 is 11.2 Å². The molecule has 0 aliphatic carbocycles. The summed E-state index contributed by atoms with van der Waals surface area (Å²) in [7, 11) is 0. The number of piperazine rings is 1. The van der Waals surface area contributed by atoms with Crippen LogP contribution >= 0.6 is 0 Å². The fraction of sp³-hybridized carbons (Fsp3) is 0.522. The van der Waals surface area contributed by atoms with Gasteiger partial charge in [0.2, 0.25) is 5.91 Å². The Labute approximate surface area is 182 Å². The van der Waals surface area contributed by atoms with Gasteiger partial charge in [0.15, 0.2) is 0 Å². The molecule has 0 atom stereocenters. The smallest absolute Gasteiger partial charge is 0.325 e. The Kier molecular flexibility index (Phi) is 8.61. The van der Waals surface area contributed by atoms with Crippen molar-refractivity contribution in [2.75, 3.05) is 39.3 Å². The number of carbonyl (C=O) groups excluding carboxylic acids is 1. The number of aromatic amines is 2. The molecule has 3 rings (SSSR count). The minimum Gasteiger partial charge on any atom is -0.356 e. The number of unbranched alkanes of at least 4 members (excludes halogenated alkanes) is 1. The second-order valence-corrected chi connectivity index (χ2v) is 8.17. The Morgan fingerprint density at radius 3 is 2.42 bits per heavy atom. The van der Waals surface area contributed by atoms with Gasteiger partial charge in [0.25, 0.3) is 5.56 Å². The first-order valence-electron chi connectivity index (χ1n) is 11.1. The average Bonchev–Trinajstić information content (AvgIpc) is 2.74. The van der Waals surface area contributed by atoms with Gasteiger partial charge in [-0.15, -0.1) is 0 Å². The van der Waals surface area contributed by atoms with Gasteiger partial charge < -0.3 is 15.2 Å². The monoisotopic (exact) mass is 427 g/mol. The van der Waals surface area contributed by atoms with Crippen molar-refractivity contribution in [3.8, 4) is 0 Å². The third kappa shape index (κ3) is 7.48. The molecule has 0 bridgehead atoms. The number of nitrogens with one attached hydrogen (secondary N) is 3. The van der Waals surface area contributed by atoms with Crippen molar-refractivity contribution in [1.29, 1.82) is 0 Å². The molecule has 0 radical (unpaired) electrons. The van der Waals surface area contributed by atoms with Crippen molar-refractivity contribution >= 4 is 5.91 Å². The van der Waals surface area contributed by atoms with Gasteiger partial charge in [-0.1, -0.05) is 30.3 Å². The van der Waals surface area contributed by atoms with Gasteiger partial charge in [0.05, 0.1) is 0 Å². The maximum Gasteiger partial charge on any atom is 0.325 e. The molecular weight excluding hydrogens is 394 g/mol. The van der Waals surface area contributed by atoms with Crippen molar-refractivity contribution in [3.05, 3.63) is 68.0 Å². The van der Waals surface area contributed by atoms with Crippen LogP contribution in [0.2, 0.25) is 0 Å². The highest BCUT2D eigenvalue weighted by molar-refractivity contribution is 5.76. The molecule has 2 aromatic rings. The fourth-order valence-corrected chi connectivity index (χ4v) is 3.95. The number of benzene rings is 1. The van der Waals surface area contributed by atoms with Gasteiger partial charge in [0.1, 0.15) is 0 Å². The number of carbonyl (C=O) groups is 1. The second-order valence-electron chi connectivity index (χ2n) is 8.17. The minimum absolute atomic E-state index is 0.0699. The first-order valence-corrected chi connectivity index (χ1v) is 11.1. The van der Waals surface area contributed by atoms with Crippen LogP contribution in [0.3, 0.4) is 0 Å². The Morgan fingerprint density at radius 1 is 1.00 bits per heavy atom. The summed E-state index contributed by atoms with van der Waals surface area (Å²) in [6.07, 6.45) is 2.54. The normalized spacial score (nSPS) is 15.1. The summed E-state index contributed by atoms with van der Waals surface area (Å²) >= 11 is 0. The van der Waals surface area contributed by atoms with Crippen LogP contribution in [-0.2, 0) is 17.8 Å². The van der Waals surface area contributed by atoms with E-state index in [1.54, 1.807) is 6.92 Å². The van der Waals surface area contributed by atoms with Crippen LogP contribution in [0.4, 0.5) is 0 Å². The van der Waals surface area contributed by atoms with Crippen molar-refractivity contribution in [2.24, 2.45) is 0 Å². The predicted octanol–water partition coefficient (Wildman–Crippen LogP) is 1.02. The molecule has 0 unspecified atom stereocenters. The highest BCUT2D eigenvalue weighted by Gasteiger charge is 2.16. The van der Waals surface area contributed by atoms with E-state index in [2.05, 4.69) is 55.4 Å². The first-order chi connectivity index (χ1) is 15.0. The molecular formula is C23H33N5O3. The molecule has 0 spiro atoms. The molecule has 1 aliphatic heterocycles. The topological polar surface area (TPSA) is 101 Å². The zero-order valence-electron chi connectivity index (χ0n) is 18.3. The molecule has 8 heteroatoms. The van der Waals surface area contributed by atoms with Crippen LogP contribution in [0.15, 0.2) is 39.9 Å². The van der Waals surface area contributed by atoms with Crippen molar-refractivity contribution < 1.29 is 4.79 Å². The first kappa shape index (κ1) is 23.0. The third-order valence-electron chi connectivity index (χ3n) is 5.79. The van der Waals surface area contributed by atoms with E-state index in [0.717, 1.165) is 52.1 Å². The molecule has 1 aromatic heterocycles. The van der Waals surface area contributed by atoms with Crippen LogP contribution in [0, 0.1) is 6.92 Å². The van der Waals surface area contributed by atoms with E-state index in [-0.39, 0.29) is 12.3 Å². The van der Waals surface area contributed by atoms with Crippen LogP contribution in [0.25, 0.3) is 0 Å². The van der Waals surface area contributed by atoms with Crippen molar-refractivity contribution in [3.63, 3.8) is 0 Å². The maximum absolute atomic E-state index is 12.0. The van der Waals surface area contributed by atoms with Crippen LogP contribution in [0.5, 0.6) is 0 Å². The number of hydrogen-bond donors (Lipinski definition) is 3. The maximum atomic E-state index is 12.0. The van der Waals surface area contributed by atoms with E-state index >= 15 is 0 Å². The molecule has 1 aromatic carbocycles. The number of rotatable bonds is 10. The molecule has 2 heterocycles. The average molecular weight is 428 g/mol. The van der Waals surface area contributed by atoms with Gasteiger partial charge in [-0.25, -0.2) is 4.79 Å². The second kappa shape index (κ2) is 11.6. The molecule has 1 fully saturated rings. The molecule has 1 aliphatic rings. The van der Waals surface area contributed by atoms with Gasteiger partial charge in [-0.05, 0) is 38.3 Å². The van der Waals surface area contributed by atoms with Gasteiger partial charge in [-0.3, -0.25) is 19.5 Å². The Morgan fingerprint density at radius 2 is 1.71 bits per heavy atom. The third-order valence-corrected chi connectivity index (χ3v) is 5.79. The summed E-state index contributed by atoms with van der Waals surface area (Å²) in [4.78, 5) is 44.8. The number of nitrogens with zero attached hydrogens (tertiary/aromatic N) is 2. The number of aryl methyl sites for hydroxylation is 1. The lowest BCUT2D eigenvalue weighted by atomic mass is 10.1. The van der Waals surface area contributed by atoms with Crippen molar-refractivity contribution in [2.45, 2.75) is 39.2 Å². The van der Waals surface area contributed by atoms with E-state index in [1.807, 2.05) is 0 Å². The van der Waals surface area contributed by atoms with Crippen LogP contribution in [0.1, 0.15) is 36.1 Å². The molecule has 1 saturated heterocycles. The Bertz CT molecular complexity index is 946. The predicted molar refractivity (Wildman–Crippen MR) is 121 cm³/mol. The van der Waals surface area contributed by atoms with Gasteiger partial charge >= 0.3 is 5.69 Å². The lowest BCUT2D eigenvalue weighted by Crippen LogP contribution is -2.46. The standard InChI is InChI=1S/C23H33N5O3/c1-18-20(22(30)26-23(31)25-18)9-10-21(29)24-11-5-6-12-27-13-15-28(16-14-27)17-19-7-3-2-4-8-19/h2-4,7-8H,5-6,9-17H2,1H3,(H,24,29)(H2,25,26,30,31). The Hall–Kier alpha value is -2.71. The number of aromatic nitrogens is 2. The van der Waals surface area contributed by atoms with E-state index in [9.17, 15) is 14.4 Å². The summed E-state index contributed by atoms with van der Waals surface area (Å²) < 4.78 is 0. The summed E-state index contributed by atoms with van der Waals surface area (Å²) in [6.45, 7) is 8.76. The zero-order valence-corrected chi connectivity index (χ0v) is 18.3. The number of hydrogen-bond acceptors (Lipinski definition) is 5.